The Labute approximate surface area is 145 Å². The van der Waals surface area contributed by atoms with Crippen molar-refractivity contribution in [1.29, 1.82) is 0 Å². The quantitative estimate of drug-likeness (QED) is 0.888. The summed E-state index contributed by atoms with van der Waals surface area (Å²) in [7, 11) is 0. The van der Waals surface area contributed by atoms with E-state index in [0.29, 0.717) is 24.6 Å². The van der Waals surface area contributed by atoms with E-state index in [1.54, 1.807) is 4.90 Å². The number of aromatic nitrogens is 1. The molecule has 0 fully saturated rings. The third kappa shape index (κ3) is 3.37. The third-order valence-electron chi connectivity index (χ3n) is 3.89. The van der Waals surface area contributed by atoms with Crippen molar-refractivity contribution in [3.8, 4) is 5.75 Å². The van der Waals surface area contributed by atoms with E-state index in [9.17, 15) is 9.90 Å². The molecule has 1 aromatic heterocycles. The van der Waals surface area contributed by atoms with Crippen molar-refractivity contribution in [2.75, 3.05) is 25.0 Å². The highest BCUT2D eigenvalue weighted by atomic mass is 32.1. The number of carbonyl (C=O) groups is 1. The molecule has 0 spiro atoms. The molecule has 1 aliphatic rings. The van der Waals surface area contributed by atoms with E-state index in [-0.39, 0.29) is 12.5 Å². The summed E-state index contributed by atoms with van der Waals surface area (Å²) >= 11 is 1.39. The maximum absolute atomic E-state index is 12.9. The number of aliphatic hydroxyl groups is 1. The molecule has 6 nitrogen and oxygen atoms in total. The summed E-state index contributed by atoms with van der Waals surface area (Å²) in [5.74, 6) is 0.747. The fourth-order valence-electron chi connectivity index (χ4n) is 2.68. The summed E-state index contributed by atoms with van der Waals surface area (Å²) < 4.78 is 5.74. The fourth-order valence-corrected chi connectivity index (χ4v) is 3.69. The lowest BCUT2D eigenvalue weighted by Gasteiger charge is -2.19. The van der Waals surface area contributed by atoms with E-state index in [1.807, 2.05) is 32.0 Å². The number of benzene rings is 1. The number of ether oxygens (including phenoxy) is 1. The topological polar surface area (TPSA) is 74.7 Å². The molecule has 0 aliphatic carbocycles. The highest BCUT2D eigenvalue weighted by molar-refractivity contribution is 7.17. The number of nitrogens with one attached hydrogen (secondary N) is 1. The van der Waals surface area contributed by atoms with E-state index >= 15 is 0 Å². The Morgan fingerprint density at radius 1 is 1.50 bits per heavy atom. The Morgan fingerprint density at radius 2 is 2.33 bits per heavy atom. The van der Waals surface area contributed by atoms with Crippen LogP contribution in [-0.2, 0) is 13.2 Å². The zero-order valence-corrected chi connectivity index (χ0v) is 14.7. The lowest BCUT2D eigenvalue weighted by atomic mass is 10.1. The predicted octanol–water partition coefficient (Wildman–Crippen LogP) is 2.41. The molecule has 0 bridgehead atoms. The van der Waals surface area contributed by atoms with Crippen LogP contribution < -0.4 is 10.1 Å². The van der Waals surface area contributed by atoms with Crippen molar-refractivity contribution < 1.29 is 14.6 Å². The molecule has 2 aromatic rings. The van der Waals surface area contributed by atoms with Gasteiger partial charge in [-0.2, -0.15) is 0 Å². The lowest BCUT2D eigenvalue weighted by Crippen LogP contribution is -2.32. The van der Waals surface area contributed by atoms with Gasteiger partial charge in [0.2, 0.25) is 0 Å². The zero-order valence-electron chi connectivity index (χ0n) is 13.8. The van der Waals surface area contributed by atoms with Crippen molar-refractivity contribution >= 4 is 22.4 Å². The van der Waals surface area contributed by atoms with Crippen LogP contribution >= 0.6 is 11.3 Å². The molecule has 1 aromatic carbocycles. The highest BCUT2D eigenvalue weighted by Crippen LogP contribution is 2.28. The second-order valence-electron chi connectivity index (χ2n) is 5.64. The molecule has 0 saturated heterocycles. The van der Waals surface area contributed by atoms with Gasteiger partial charge in [0.1, 0.15) is 17.2 Å². The number of anilines is 1. The van der Waals surface area contributed by atoms with Gasteiger partial charge in [-0.15, -0.1) is 0 Å². The largest absolute Gasteiger partial charge is 0.491 e. The Hall–Kier alpha value is -2.12. The molecule has 0 unspecified atom stereocenters. The van der Waals surface area contributed by atoms with Crippen LogP contribution in [0.2, 0.25) is 0 Å². The van der Waals surface area contributed by atoms with Crippen LogP contribution in [0, 0.1) is 6.92 Å². The molecule has 0 radical (unpaired) electrons. The molecule has 7 heteroatoms. The van der Waals surface area contributed by atoms with E-state index in [2.05, 4.69) is 10.3 Å². The van der Waals surface area contributed by atoms with Crippen molar-refractivity contribution in [3.63, 3.8) is 0 Å². The first kappa shape index (κ1) is 16.7. The first-order chi connectivity index (χ1) is 11.6. The van der Waals surface area contributed by atoms with Crippen LogP contribution in [0.1, 0.15) is 33.4 Å². The van der Waals surface area contributed by atoms with E-state index in [1.165, 1.54) is 11.3 Å². The molecule has 2 heterocycles. The average molecular weight is 347 g/mol. The Morgan fingerprint density at radius 3 is 3.08 bits per heavy atom. The molecule has 0 saturated carbocycles. The molecular weight excluding hydrogens is 326 g/mol. The molecule has 3 rings (SSSR count). The van der Waals surface area contributed by atoms with Gasteiger partial charge >= 0.3 is 0 Å². The lowest BCUT2D eigenvalue weighted by molar-refractivity contribution is 0.0737. The van der Waals surface area contributed by atoms with Crippen LogP contribution in [0.3, 0.4) is 0 Å². The second kappa shape index (κ2) is 7.19. The zero-order chi connectivity index (χ0) is 17.1. The maximum atomic E-state index is 12.9. The van der Waals surface area contributed by atoms with Crippen LogP contribution in [0.25, 0.3) is 0 Å². The first-order valence-electron chi connectivity index (χ1n) is 7.98. The van der Waals surface area contributed by atoms with Crippen LogP contribution in [-0.4, -0.2) is 40.6 Å². The van der Waals surface area contributed by atoms with E-state index in [0.717, 1.165) is 34.2 Å². The van der Waals surface area contributed by atoms with E-state index < -0.39 is 0 Å². The van der Waals surface area contributed by atoms with Crippen LogP contribution in [0.4, 0.5) is 5.13 Å². The number of aryl methyl sites for hydroxylation is 1. The molecule has 1 amide bonds. The van der Waals surface area contributed by atoms with Gasteiger partial charge in [-0.3, -0.25) is 4.79 Å². The monoisotopic (exact) mass is 347 g/mol. The molecule has 24 heavy (non-hydrogen) atoms. The second-order valence-corrected chi connectivity index (χ2v) is 6.64. The SMILES string of the molecule is CCNc1nc(C)c(C(=O)N2CCOc3ccc(CO)cc3C2)s1. The van der Waals surface area contributed by atoms with Gasteiger partial charge in [0.25, 0.3) is 5.91 Å². The third-order valence-corrected chi connectivity index (χ3v) is 5.00. The summed E-state index contributed by atoms with van der Waals surface area (Å²) in [5, 5.41) is 13.2. The standard InChI is InChI=1S/C17H21N3O3S/c1-3-18-17-19-11(2)15(24-17)16(22)20-6-7-23-14-5-4-12(10-21)8-13(14)9-20/h4-5,8,21H,3,6-7,9-10H2,1-2H3,(H,18,19). The number of aliphatic hydroxyl groups excluding tert-OH is 1. The minimum Gasteiger partial charge on any atom is -0.491 e. The normalized spacial score (nSPS) is 13.9. The predicted molar refractivity (Wildman–Crippen MR) is 93.6 cm³/mol. The average Bonchev–Trinajstić information content (AvgIpc) is 2.82. The number of carbonyl (C=O) groups excluding carboxylic acids is 1. The smallest absolute Gasteiger partial charge is 0.266 e. The number of amides is 1. The molecule has 1 aliphatic heterocycles. The summed E-state index contributed by atoms with van der Waals surface area (Å²) in [6.45, 7) is 6.05. The van der Waals surface area contributed by atoms with Gasteiger partial charge in [-0.25, -0.2) is 4.98 Å². The van der Waals surface area contributed by atoms with Crippen LogP contribution in [0.5, 0.6) is 5.75 Å². The number of rotatable bonds is 4. The van der Waals surface area contributed by atoms with Gasteiger partial charge in [0.15, 0.2) is 5.13 Å². The fraction of sp³-hybridized carbons (Fsp3) is 0.412. The molecular formula is C17H21N3O3S. The van der Waals surface area contributed by atoms with Crippen LogP contribution in [0.15, 0.2) is 18.2 Å². The summed E-state index contributed by atoms with van der Waals surface area (Å²) in [5.41, 5.74) is 2.48. The number of nitrogens with zero attached hydrogens (tertiary/aromatic N) is 2. The molecule has 128 valence electrons. The summed E-state index contributed by atoms with van der Waals surface area (Å²) in [6, 6.07) is 5.59. The molecule has 0 atom stereocenters. The minimum absolute atomic E-state index is 0.0266. The summed E-state index contributed by atoms with van der Waals surface area (Å²) in [6.07, 6.45) is 0. The van der Waals surface area contributed by atoms with E-state index in [4.69, 9.17) is 4.74 Å². The van der Waals surface area contributed by atoms with Crippen molar-refractivity contribution in [1.82, 2.24) is 9.88 Å². The van der Waals surface area contributed by atoms with Gasteiger partial charge in [0, 0.05) is 18.7 Å². The van der Waals surface area contributed by atoms with Gasteiger partial charge < -0.3 is 20.1 Å². The first-order valence-corrected chi connectivity index (χ1v) is 8.80. The highest BCUT2D eigenvalue weighted by Gasteiger charge is 2.24. The summed E-state index contributed by atoms with van der Waals surface area (Å²) in [4.78, 5) is 19.8. The van der Waals surface area contributed by atoms with Crippen molar-refractivity contribution in [3.05, 3.63) is 39.9 Å². The Bertz CT molecular complexity index is 745. The van der Waals surface area contributed by atoms with Gasteiger partial charge in [-0.05, 0) is 31.5 Å². The number of hydrogen-bond donors (Lipinski definition) is 2. The van der Waals surface area contributed by atoms with Crippen molar-refractivity contribution in [2.24, 2.45) is 0 Å². The van der Waals surface area contributed by atoms with Crippen molar-refractivity contribution in [2.45, 2.75) is 27.0 Å². The Balaban J connectivity index is 1.84. The van der Waals surface area contributed by atoms with Gasteiger partial charge in [-0.1, -0.05) is 17.4 Å². The number of fused-ring (bicyclic) bond motifs is 1. The minimum atomic E-state index is -0.0278. The Kier molecular flexibility index (Phi) is 5.01. The van der Waals surface area contributed by atoms with Gasteiger partial charge in [0.05, 0.1) is 18.8 Å². The maximum Gasteiger partial charge on any atom is 0.266 e. The molecule has 2 N–H and O–H groups in total. The number of thiazole rings is 1. The number of hydrogen-bond acceptors (Lipinski definition) is 6.